The van der Waals surface area contributed by atoms with E-state index in [1.165, 1.54) is 11.3 Å². The maximum absolute atomic E-state index is 13.0. The molecule has 2 aromatic carbocycles. The molecule has 1 fully saturated rings. The average molecular weight is 508 g/mol. The number of carbonyl (C=O) groups is 2. The summed E-state index contributed by atoms with van der Waals surface area (Å²) in [6, 6.07) is 10.9. The van der Waals surface area contributed by atoms with E-state index < -0.39 is 0 Å². The highest BCUT2D eigenvalue weighted by molar-refractivity contribution is 7.09. The summed E-state index contributed by atoms with van der Waals surface area (Å²) in [4.78, 5) is 30.3. The van der Waals surface area contributed by atoms with Gasteiger partial charge in [-0.1, -0.05) is 18.9 Å². The first kappa shape index (κ1) is 24.1. The van der Waals surface area contributed by atoms with Gasteiger partial charge in [-0.05, 0) is 68.1 Å². The van der Waals surface area contributed by atoms with Crippen molar-refractivity contribution in [1.82, 2.24) is 15.6 Å². The third kappa shape index (κ3) is 5.62. The van der Waals surface area contributed by atoms with E-state index in [2.05, 4.69) is 21.7 Å². The van der Waals surface area contributed by atoms with Gasteiger partial charge in [0.15, 0.2) is 11.5 Å². The largest absolute Gasteiger partial charge is 0.486 e. The van der Waals surface area contributed by atoms with Gasteiger partial charge in [0.1, 0.15) is 23.1 Å². The lowest BCUT2D eigenvalue weighted by Gasteiger charge is -2.32. The highest BCUT2D eigenvalue weighted by Crippen LogP contribution is 2.32. The maximum Gasteiger partial charge on any atom is 0.271 e. The van der Waals surface area contributed by atoms with Crippen molar-refractivity contribution < 1.29 is 23.8 Å². The zero-order valence-corrected chi connectivity index (χ0v) is 21.2. The van der Waals surface area contributed by atoms with Crippen LogP contribution in [0.3, 0.4) is 0 Å². The predicted octanol–water partition coefficient (Wildman–Crippen LogP) is 4.54. The summed E-state index contributed by atoms with van der Waals surface area (Å²) in [5.74, 6) is 1.56. The Morgan fingerprint density at radius 2 is 1.67 bits per heavy atom. The Bertz CT molecular complexity index is 1250. The number of thiazole rings is 1. The summed E-state index contributed by atoms with van der Waals surface area (Å²) in [5.41, 5.74) is 3.14. The number of aryl methyl sites for hydroxylation is 2. The Morgan fingerprint density at radius 3 is 2.42 bits per heavy atom. The number of carbonyl (C=O) groups excluding carboxylic acids is 2. The summed E-state index contributed by atoms with van der Waals surface area (Å²) in [6.07, 6.45) is 3.58. The number of nitrogens with one attached hydrogen (secondary N) is 2. The molecule has 1 aliphatic carbocycles. The molecule has 3 aromatic rings. The zero-order chi connectivity index (χ0) is 25.1. The maximum atomic E-state index is 13.0. The lowest BCUT2D eigenvalue weighted by molar-refractivity contribution is 0.0860. The molecular weight excluding hydrogens is 478 g/mol. The number of nitrogens with zero attached hydrogens (tertiary/aromatic N) is 1. The summed E-state index contributed by atoms with van der Waals surface area (Å²) in [7, 11) is 0. The molecule has 0 radical (unpaired) electrons. The fourth-order valence-corrected chi connectivity index (χ4v) is 5.34. The standard InChI is InChI=1S/C27H29N3O5S/c1-16-9-17(2)11-19(10-16)33-13-25-28-22(14-36-25)27(32)30-21-6-4-3-5-20(21)29-26(31)18-7-8-23-24(12-18)35-15-34-23/h7-12,14,20-21H,3-6,13,15H2,1-2H3,(H,29,31)(H,30,32)/t20-,21-/m0/s1. The lowest BCUT2D eigenvalue weighted by atomic mass is 9.90. The second-order valence-corrected chi connectivity index (χ2v) is 10.2. The van der Waals surface area contributed by atoms with E-state index in [1.54, 1.807) is 23.6 Å². The van der Waals surface area contributed by atoms with Gasteiger partial charge in [0.05, 0.1) is 0 Å². The number of benzene rings is 2. The molecule has 0 unspecified atom stereocenters. The van der Waals surface area contributed by atoms with Crippen molar-refractivity contribution >= 4 is 23.2 Å². The first-order valence-electron chi connectivity index (χ1n) is 12.1. The van der Waals surface area contributed by atoms with Gasteiger partial charge in [0.25, 0.3) is 11.8 Å². The Labute approximate surface area is 214 Å². The molecule has 2 amide bonds. The van der Waals surface area contributed by atoms with Crippen molar-refractivity contribution in [2.45, 2.75) is 58.2 Å². The van der Waals surface area contributed by atoms with E-state index in [0.717, 1.165) is 47.6 Å². The first-order chi connectivity index (χ1) is 17.4. The van der Waals surface area contributed by atoms with Gasteiger partial charge in [0.2, 0.25) is 6.79 Å². The van der Waals surface area contributed by atoms with Crippen molar-refractivity contribution in [3.63, 3.8) is 0 Å². The molecule has 188 valence electrons. The van der Waals surface area contributed by atoms with Gasteiger partial charge in [-0.2, -0.15) is 0 Å². The van der Waals surface area contributed by atoms with E-state index >= 15 is 0 Å². The topological polar surface area (TPSA) is 98.8 Å². The summed E-state index contributed by atoms with van der Waals surface area (Å²) in [6.45, 7) is 4.52. The SMILES string of the molecule is Cc1cc(C)cc(OCc2nc(C(=O)N[C@H]3CCCC[C@@H]3NC(=O)c3ccc4c(c3)OCO4)cs2)c1. The summed E-state index contributed by atoms with van der Waals surface area (Å²) < 4.78 is 16.6. The van der Waals surface area contributed by atoms with Gasteiger partial charge in [-0.15, -0.1) is 11.3 Å². The van der Waals surface area contributed by atoms with Crippen LogP contribution in [-0.2, 0) is 6.61 Å². The second kappa shape index (κ2) is 10.6. The molecule has 5 rings (SSSR count). The number of ether oxygens (including phenoxy) is 3. The summed E-state index contributed by atoms with van der Waals surface area (Å²) in [5, 5.41) is 8.67. The van der Waals surface area contributed by atoms with Crippen LogP contribution in [0, 0.1) is 13.8 Å². The van der Waals surface area contributed by atoms with E-state index in [4.69, 9.17) is 14.2 Å². The number of amides is 2. The highest BCUT2D eigenvalue weighted by Gasteiger charge is 2.29. The van der Waals surface area contributed by atoms with E-state index in [-0.39, 0.29) is 30.7 Å². The minimum Gasteiger partial charge on any atom is -0.486 e. The van der Waals surface area contributed by atoms with Crippen molar-refractivity contribution in [3.8, 4) is 17.2 Å². The molecule has 1 aromatic heterocycles. The smallest absolute Gasteiger partial charge is 0.271 e. The van der Waals surface area contributed by atoms with Crippen LogP contribution in [0.15, 0.2) is 41.8 Å². The molecule has 1 saturated carbocycles. The van der Waals surface area contributed by atoms with Crippen molar-refractivity contribution in [2.75, 3.05) is 6.79 Å². The van der Waals surface area contributed by atoms with Gasteiger partial charge in [-0.3, -0.25) is 9.59 Å². The van der Waals surface area contributed by atoms with Crippen LogP contribution in [0.25, 0.3) is 0 Å². The first-order valence-corrected chi connectivity index (χ1v) is 13.0. The number of aromatic nitrogens is 1. The Balaban J connectivity index is 1.18. The molecule has 0 bridgehead atoms. The Morgan fingerprint density at radius 1 is 0.972 bits per heavy atom. The molecule has 36 heavy (non-hydrogen) atoms. The average Bonchev–Trinajstić information content (AvgIpc) is 3.52. The second-order valence-electron chi connectivity index (χ2n) is 9.25. The van der Waals surface area contributed by atoms with Crippen molar-refractivity contribution in [3.05, 3.63) is 69.2 Å². The van der Waals surface area contributed by atoms with Crippen LogP contribution in [0.4, 0.5) is 0 Å². The molecule has 9 heteroatoms. The third-order valence-electron chi connectivity index (χ3n) is 6.38. The van der Waals surface area contributed by atoms with Crippen LogP contribution in [0.2, 0.25) is 0 Å². The number of hydrogen-bond donors (Lipinski definition) is 2. The van der Waals surface area contributed by atoms with E-state index in [1.807, 2.05) is 26.0 Å². The normalized spacial score (nSPS) is 18.5. The number of rotatable bonds is 7. The van der Waals surface area contributed by atoms with Crippen LogP contribution in [-0.4, -0.2) is 35.7 Å². The molecular formula is C27H29N3O5S. The van der Waals surface area contributed by atoms with Crippen LogP contribution < -0.4 is 24.8 Å². The van der Waals surface area contributed by atoms with E-state index in [9.17, 15) is 9.59 Å². The number of hydrogen-bond acceptors (Lipinski definition) is 7. The minimum absolute atomic E-state index is 0.160. The monoisotopic (exact) mass is 507 g/mol. The Hall–Kier alpha value is -3.59. The third-order valence-corrected chi connectivity index (χ3v) is 7.20. The van der Waals surface area contributed by atoms with Gasteiger partial charge in [0, 0.05) is 23.0 Å². The molecule has 2 atom stereocenters. The molecule has 2 aliphatic rings. The lowest BCUT2D eigenvalue weighted by Crippen LogP contribution is -2.53. The number of fused-ring (bicyclic) bond motifs is 1. The molecule has 2 heterocycles. The minimum atomic E-state index is -0.238. The molecule has 0 spiro atoms. The van der Waals surface area contributed by atoms with Crippen LogP contribution in [0.5, 0.6) is 17.2 Å². The highest BCUT2D eigenvalue weighted by atomic mass is 32.1. The zero-order valence-electron chi connectivity index (χ0n) is 20.3. The molecule has 0 saturated heterocycles. The molecule has 2 N–H and O–H groups in total. The van der Waals surface area contributed by atoms with Gasteiger partial charge >= 0.3 is 0 Å². The molecule has 1 aliphatic heterocycles. The fourth-order valence-electron chi connectivity index (χ4n) is 4.65. The fraction of sp³-hybridized carbons (Fsp3) is 0.370. The molecule has 8 nitrogen and oxygen atoms in total. The van der Waals surface area contributed by atoms with E-state index in [0.29, 0.717) is 29.4 Å². The van der Waals surface area contributed by atoms with Gasteiger partial charge in [-0.25, -0.2) is 4.98 Å². The van der Waals surface area contributed by atoms with Crippen molar-refractivity contribution in [1.29, 1.82) is 0 Å². The van der Waals surface area contributed by atoms with Crippen LogP contribution >= 0.6 is 11.3 Å². The predicted molar refractivity (Wildman–Crippen MR) is 136 cm³/mol. The van der Waals surface area contributed by atoms with Gasteiger partial charge < -0.3 is 24.8 Å². The Kier molecular flexibility index (Phi) is 7.09. The van der Waals surface area contributed by atoms with Crippen LogP contribution in [0.1, 0.15) is 62.7 Å². The quantitative estimate of drug-likeness (QED) is 0.487. The van der Waals surface area contributed by atoms with Crippen molar-refractivity contribution in [2.24, 2.45) is 0 Å². The summed E-state index contributed by atoms with van der Waals surface area (Å²) >= 11 is 1.40.